The Labute approximate surface area is 137 Å². The zero-order valence-corrected chi connectivity index (χ0v) is 13.3. The van der Waals surface area contributed by atoms with Crippen LogP contribution in [-0.2, 0) is 11.3 Å². The number of carbonyl (C=O) groups excluding carboxylic acids is 1. The van der Waals surface area contributed by atoms with E-state index in [0.717, 1.165) is 38.3 Å². The molecule has 1 saturated heterocycles. The van der Waals surface area contributed by atoms with E-state index in [9.17, 15) is 4.79 Å². The van der Waals surface area contributed by atoms with E-state index in [1.54, 1.807) is 0 Å². The zero-order chi connectivity index (χ0) is 16.1. The number of rotatable bonds is 5. The molecule has 2 aromatic carbocycles. The number of nitrogens with two attached hydrogens (primary N) is 1. The first-order valence-corrected chi connectivity index (χ1v) is 8.08. The quantitative estimate of drug-likeness (QED) is 0.919. The largest absolute Gasteiger partial charge is 0.368 e. The van der Waals surface area contributed by atoms with E-state index in [4.69, 9.17) is 5.73 Å². The summed E-state index contributed by atoms with van der Waals surface area (Å²) in [5, 5.41) is 0. The van der Waals surface area contributed by atoms with E-state index in [1.807, 2.05) is 36.4 Å². The van der Waals surface area contributed by atoms with Crippen LogP contribution in [0.5, 0.6) is 0 Å². The number of nitrogens with zero attached hydrogens (tertiary/aromatic N) is 2. The molecule has 0 saturated carbocycles. The minimum absolute atomic E-state index is 0.271. The van der Waals surface area contributed by atoms with Crippen molar-refractivity contribution in [2.45, 2.75) is 12.6 Å². The highest BCUT2D eigenvalue weighted by Gasteiger charge is 2.28. The standard InChI is InChI=1S/C19H23N3O/c20-19(23)18(17-9-5-2-6-10-17)22-13-11-21(12-14-22)15-16-7-3-1-4-8-16/h1-10,18H,11-15H2,(H2,20,23)/t18-/m0/s1. The Hall–Kier alpha value is -2.17. The highest BCUT2D eigenvalue weighted by molar-refractivity contribution is 5.81. The Bertz CT molecular complexity index is 622. The summed E-state index contributed by atoms with van der Waals surface area (Å²) in [5.41, 5.74) is 7.98. The van der Waals surface area contributed by atoms with Gasteiger partial charge >= 0.3 is 0 Å². The Morgan fingerprint density at radius 2 is 1.48 bits per heavy atom. The molecule has 4 nitrogen and oxygen atoms in total. The molecule has 3 rings (SSSR count). The van der Waals surface area contributed by atoms with Crippen molar-refractivity contribution >= 4 is 5.91 Å². The van der Waals surface area contributed by atoms with E-state index in [-0.39, 0.29) is 11.9 Å². The maximum Gasteiger partial charge on any atom is 0.239 e. The average molecular weight is 309 g/mol. The number of carbonyl (C=O) groups is 1. The van der Waals surface area contributed by atoms with Gasteiger partial charge in [0.1, 0.15) is 6.04 Å². The molecule has 0 bridgehead atoms. The smallest absolute Gasteiger partial charge is 0.239 e. The van der Waals surface area contributed by atoms with Gasteiger partial charge in [-0.2, -0.15) is 0 Å². The normalized spacial score (nSPS) is 17.7. The van der Waals surface area contributed by atoms with Crippen molar-refractivity contribution < 1.29 is 4.79 Å². The topological polar surface area (TPSA) is 49.6 Å². The molecule has 0 aromatic heterocycles. The lowest BCUT2D eigenvalue weighted by Gasteiger charge is -2.38. The van der Waals surface area contributed by atoms with Crippen LogP contribution in [0.1, 0.15) is 17.2 Å². The summed E-state index contributed by atoms with van der Waals surface area (Å²) in [6.45, 7) is 4.57. The molecule has 1 aliphatic heterocycles. The van der Waals surface area contributed by atoms with E-state index in [1.165, 1.54) is 5.56 Å². The van der Waals surface area contributed by atoms with Gasteiger partial charge in [0.15, 0.2) is 0 Å². The van der Waals surface area contributed by atoms with Crippen molar-refractivity contribution in [2.75, 3.05) is 26.2 Å². The lowest BCUT2D eigenvalue weighted by Crippen LogP contribution is -2.49. The zero-order valence-electron chi connectivity index (χ0n) is 13.3. The van der Waals surface area contributed by atoms with Crippen LogP contribution in [0.15, 0.2) is 60.7 Å². The van der Waals surface area contributed by atoms with Crippen LogP contribution in [0.2, 0.25) is 0 Å². The van der Waals surface area contributed by atoms with Gasteiger partial charge in [0.05, 0.1) is 0 Å². The first kappa shape index (κ1) is 15.7. The maximum absolute atomic E-state index is 11.9. The number of primary amides is 1. The molecule has 1 fully saturated rings. The molecule has 23 heavy (non-hydrogen) atoms. The second-order valence-corrected chi connectivity index (χ2v) is 6.01. The number of hydrogen-bond acceptors (Lipinski definition) is 3. The van der Waals surface area contributed by atoms with Crippen LogP contribution in [0.4, 0.5) is 0 Å². The van der Waals surface area contributed by atoms with Gasteiger partial charge in [0, 0.05) is 32.7 Å². The van der Waals surface area contributed by atoms with Crippen molar-refractivity contribution in [1.82, 2.24) is 9.80 Å². The maximum atomic E-state index is 11.9. The fourth-order valence-electron chi connectivity index (χ4n) is 3.21. The first-order chi connectivity index (χ1) is 11.2. The minimum Gasteiger partial charge on any atom is -0.368 e. The molecular weight excluding hydrogens is 286 g/mol. The van der Waals surface area contributed by atoms with Gasteiger partial charge in [-0.3, -0.25) is 14.6 Å². The van der Waals surface area contributed by atoms with Crippen LogP contribution in [0.3, 0.4) is 0 Å². The van der Waals surface area contributed by atoms with Gasteiger partial charge in [0.25, 0.3) is 0 Å². The molecular formula is C19H23N3O. The van der Waals surface area contributed by atoms with Crippen molar-refractivity contribution in [2.24, 2.45) is 5.73 Å². The number of amides is 1. The highest BCUT2D eigenvalue weighted by atomic mass is 16.1. The molecule has 0 aliphatic carbocycles. The summed E-state index contributed by atoms with van der Waals surface area (Å²) in [6.07, 6.45) is 0. The van der Waals surface area contributed by atoms with Crippen molar-refractivity contribution in [1.29, 1.82) is 0 Å². The molecule has 1 amide bonds. The van der Waals surface area contributed by atoms with E-state index in [2.05, 4.69) is 34.1 Å². The summed E-state index contributed by atoms with van der Waals surface area (Å²) < 4.78 is 0. The van der Waals surface area contributed by atoms with E-state index < -0.39 is 0 Å². The van der Waals surface area contributed by atoms with Gasteiger partial charge in [0.2, 0.25) is 5.91 Å². The average Bonchev–Trinajstić information content (AvgIpc) is 2.58. The second-order valence-electron chi connectivity index (χ2n) is 6.01. The van der Waals surface area contributed by atoms with Crippen LogP contribution in [0, 0.1) is 0 Å². The molecule has 2 N–H and O–H groups in total. The van der Waals surface area contributed by atoms with Crippen LogP contribution in [-0.4, -0.2) is 41.9 Å². The van der Waals surface area contributed by atoms with Crippen LogP contribution in [0.25, 0.3) is 0 Å². The Kier molecular flexibility index (Phi) is 5.05. The van der Waals surface area contributed by atoms with Gasteiger partial charge in [-0.15, -0.1) is 0 Å². The Morgan fingerprint density at radius 1 is 0.913 bits per heavy atom. The summed E-state index contributed by atoms with van der Waals surface area (Å²) in [7, 11) is 0. The predicted octanol–water partition coefficient (Wildman–Crippen LogP) is 2.03. The first-order valence-electron chi connectivity index (χ1n) is 8.08. The molecule has 4 heteroatoms. The monoisotopic (exact) mass is 309 g/mol. The summed E-state index contributed by atoms with van der Waals surface area (Å²) >= 11 is 0. The van der Waals surface area contributed by atoms with Gasteiger partial charge < -0.3 is 5.73 Å². The minimum atomic E-state index is -0.324. The number of hydrogen-bond donors (Lipinski definition) is 1. The summed E-state index contributed by atoms with van der Waals surface area (Å²) in [6, 6.07) is 20.0. The lowest BCUT2D eigenvalue weighted by atomic mass is 10.0. The molecule has 1 atom stereocenters. The number of piperazine rings is 1. The molecule has 120 valence electrons. The van der Waals surface area contributed by atoms with Crippen molar-refractivity contribution in [3.63, 3.8) is 0 Å². The van der Waals surface area contributed by atoms with Gasteiger partial charge in [-0.25, -0.2) is 0 Å². The fraction of sp³-hybridized carbons (Fsp3) is 0.316. The molecule has 1 aliphatic rings. The number of benzene rings is 2. The predicted molar refractivity (Wildman–Crippen MR) is 91.7 cm³/mol. The van der Waals surface area contributed by atoms with Crippen LogP contribution < -0.4 is 5.73 Å². The van der Waals surface area contributed by atoms with Gasteiger partial charge in [-0.1, -0.05) is 60.7 Å². The second kappa shape index (κ2) is 7.40. The Balaban J connectivity index is 1.62. The lowest BCUT2D eigenvalue weighted by molar-refractivity contribution is -0.124. The van der Waals surface area contributed by atoms with Crippen LogP contribution >= 0.6 is 0 Å². The van der Waals surface area contributed by atoms with Crippen molar-refractivity contribution in [3.8, 4) is 0 Å². The third-order valence-electron chi connectivity index (χ3n) is 4.41. The third-order valence-corrected chi connectivity index (χ3v) is 4.41. The summed E-state index contributed by atoms with van der Waals surface area (Å²) in [5.74, 6) is -0.271. The Morgan fingerprint density at radius 3 is 2.04 bits per heavy atom. The van der Waals surface area contributed by atoms with Gasteiger partial charge in [-0.05, 0) is 11.1 Å². The molecule has 0 radical (unpaired) electrons. The molecule has 1 heterocycles. The van der Waals surface area contributed by atoms with Crippen molar-refractivity contribution in [3.05, 3.63) is 71.8 Å². The van der Waals surface area contributed by atoms with E-state index in [0.29, 0.717) is 0 Å². The fourth-order valence-corrected chi connectivity index (χ4v) is 3.21. The SMILES string of the molecule is NC(=O)[C@H](c1ccccc1)N1CCN(Cc2ccccc2)CC1. The molecule has 0 unspecified atom stereocenters. The summed E-state index contributed by atoms with van der Waals surface area (Å²) in [4.78, 5) is 16.6. The molecule has 2 aromatic rings. The third kappa shape index (κ3) is 3.97. The van der Waals surface area contributed by atoms with E-state index >= 15 is 0 Å². The highest BCUT2D eigenvalue weighted by Crippen LogP contribution is 2.22. The molecule has 0 spiro atoms.